The molecule has 0 bridgehead atoms. The zero-order valence-corrected chi connectivity index (χ0v) is 24.2. The van der Waals surface area contributed by atoms with Crippen molar-refractivity contribution in [2.24, 2.45) is 0 Å². The molecule has 208 valence electrons. The summed E-state index contributed by atoms with van der Waals surface area (Å²) >= 11 is 6.06. The first-order chi connectivity index (χ1) is 18.6. The number of nitrogens with zero attached hydrogens (tertiary/aromatic N) is 2. The maximum Gasteiger partial charge on any atom is 0.242 e. The summed E-state index contributed by atoms with van der Waals surface area (Å²) in [6.07, 6.45) is 2.74. The quantitative estimate of drug-likeness (QED) is 0.319. The van der Waals surface area contributed by atoms with Gasteiger partial charge in [0.05, 0.1) is 11.9 Å². The third-order valence-corrected chi connectivity index (χ3v) is 8.01. The SMILES string of the molecule is CCc1ccc(N(CCCC(=O)N(Cc2ccc(Cl)cc2)C(Cc2ccccc2)C(=O)NC)S(C)(=O)=O)cc1. The fourth-order valence-electron chi connectivity index (χ4n) is 4.41. The maximum absolute atomic E-state index is 13.7. The summed E-state index contributed by atoms with van der Waals surface area (Å²) in [6.45, 7) is 2.40. The van der Waals surface area contributed by atoms with Crippen molar-refractivity contribution in [1.29, 1.82) is 0 Å². The van der Waals surface area contributed by atoms with Gasteiger partial charge in [-0.2, -0.15) is 0 Å². The van der Waals surface area contributed by atoms with Crippen LogP contribution < -0.4 is 9.62 Å². The molecule has 0 heterocycles. The lowest BCUT2D eigenvalue weighted by Crippen LogP contribution is -2.49. The van der Waals surface area contributed by atoms with Crippen molar-refractivity contribution in [3.8, 4) is 0 Å². The highest BCUT2D eigenvalue weighted by atomic mass is 35.5. The Hall–Kier alpha value is -3.36. The van der Waals surface area contributed by atoms with Gasteiger partial charge in [0.25, 0.3) is 0 Å². The van der Waals surface area contributed by atoms with E-state index in [-0.39, 0.29) is 31.3 Å². The minimum absolute atomic E-state index is 0.0783. The molecule has 3 aromatic carbocycles. The zero-order valence-electron chi connectivity index (χ0n) is 22.6. The van der Waals surface area contributed by atoms with E-state index in [0.29, 0.717) is 23.6 Å². The van der Waals surface area contributed by atoms with E-state index < -0.39 is 16.1 Å². The van der Waals surface area contributed by atoms with Crippen molar-refractivity contribution >= 4 is 39.1 Å². The van der Waals surface area contributed by atoms with E-state index in [1.54, 1.807) is 36.2 Å². The minimum atomic E-state index is -3.55. The third-order valence-electron chi connectivity index (χ3n) is 6.57. The van der Waals surface area contributed by atoms with Crippen LogP contribution in [0.2, 0.25) is 5.02 Å². The van der Waals surface area contributed by atoms with Crippen LogP contribution in [0.3, 0.4) is 0 Å². The lowest BCUT2D eigenvalue weighted by atomic mass is 10.0. The number of sulfonamides is 1. The predicted octanol–water partition coefficient (Wildman–Crippen LogP) is 4.83. The number of likely N-dealkylation sites (N-methyl/N-ethyl adjacent to an activating group) is 1. The summed E-state index contributed by atoms with van der Waals surface area (Å²) in [5.74, 6) is -0.501. The van der Waals surface area contributed by atoms with Gasteiger partial charge in [-0.05, 0) is 53.8 Å². The second kappa shape index (κ2) is 14.1. The molecule has 0 radical (unpaired) electrons. The first kappa shape index (κ1) is 30.2. The highest BCUT2D eigenvalue weighted by Gasteiger charge is 2.30. The van der Waals surface area contributed by atoms with Crippen LogP contribution in [0.25, 0.3) is 0 Å². The summed E-state index contributed by atoms with van der Waals surface area (Å²) in [6, 6.07) is 23.4. The van der Waals surface area contributed by atoms with Crippen LogP contribution >= 0.6 is 11.6 Å². The number of amides is 2. The first-order valence-electron chi connectivity index (χ1n) is 13.0. The first-order valence-corrected chi connectivity index (χ1v) is 15.2. The largest absolute Gasteiger partial charge is 0.357 e. The molecule has 3 aromatic rings. The topological polar surface area (TPSA) is 86.8 Å². The third kappa shape index (κ3) is 8.83. The normalized spacial score (nSPS) is 12.0. The van der Waals surface area contributed by atoms with Gasteiger partial charge in [-0.25, -0.2) is 8.42 Å². The van der Waals surface area contributed by atoms with E-state index >= 15 is 0 Å². The van der Waals surface area contributed by atoms with Crippen molar-refractivity contribution in [1.82, 2.24) is 10.2 Å². The highest BCUT2D eigenvalue weighted by molar-refractivity contribution is 7.92. The number of benzene rings is 3. The number of hydrogen-bond acceptors (Lipinski definition) is 4. The Morgan fingerprint density at radius 3 is 2.08 bits per heavy atom. The zero-order chi connectivity index (χ0) is 28.4. The molecule has 0 spiro atoms. The molecular weight excluding hydrogens is 534 g/mol. The number of nitrogens with one attached hydrogen (secondary N) is 1. The standard InChI is InChI=1S/C30H36ClN3O4S/c1-4-23-14-18-27(19-15-23)34(39(3,37)38)20-8-11-29(35)33(22-25-12-16-26(31)17-13-25)28(30(36)32-2)21-24-9-6-5-7-10-24/h5-7,9-10,12-19,28H,4,8,11,20-22H2,1-3H3,(H,32,36). The number of carbonyl (C=O) groups is 2. The van der Waals surface area contributed by atoms with Crippen LogP contribution in [0.15, 0.2) is 78.9 Å². The molecular formula is C30H36ClN3O4S. The highest BCUT2D eigenvalue weighted by Crippen LogP contribution is 2.21. The molecule has 3 rings (SSSR count). The number of hydrogen-bond donors (Lipinski definition) is 1. The van der Waals surface area contributed by atoms with E-state index in [2.05, 4.69) is 5.32 Å². The predicted molar refractivity (Wildman–Crippen MR) is 157 cm³/mol. The van der Waals surface area contributed by atoms with Crippen molar-refractivity contribution in [3.63, 3.8) is 0 Å². The van der Waals surface area contributed by atoms with E-state index in [4.69, 9.17) is 11.6 Å². The molecule has 0 aliphatic heterocycles. The Morgan fingerprint density at radius 1 is 0.897 bits per heavy atom. The van der Waals surface area contributed by atoms with Gasteiger partial charge in [0.2, 0.25) is 21.8 Å². The summed E-state index contributed by atoms with van der Waals surface area (Å²) in [5, 5.41) is 3.28. The van der Waals surface area contributed by atoms with Gasteiger partial charge in [0.1, 0.15) is 6.04 Å². The molecule has 2 amide bonds. The van der Waals surface area contributed by atoms with Crippen molar-refractivity contribution in [2.75, 3.05) is 24.2 Å². The van der Waals surface area contributed by atoms with Crippen molar-refractivity contribution in [2.45, 2.75) is 45.2 Å². The second-order valence-electron chi connectivity index (χ2n) is 9.43. The van der Waals surface area contributed by atoms with Crippen molar-refractivity contribution < 1.29 is 18.0 Å². The minimum Gasteiger partial charge on any atom is -0.357 e. The van der Waals surface area contributed by atoms with Gasteiger partial charge in [0.15, 0.2) is 0 Å². The van der Waals surface area contributed by atoms with Crippen LogP contribution in [0.1, 0.15) is 36.5 Å². The fraction of sp³-hybridized carbons (Fsp3) is 0.333. The van der Waals surface area contributed by atoms with Crippen LogP contribution in [-0.2, 0) is 39.0 Å². The number of rotatable bonds is 13. The van der Waals surface area contributed by atoms with Gasteiger partial charge < -0.3 is 10.2 Å². The van der Waals surface area contributed by atoms with Crippen LogP contribution in [0.4, 0.5) is 5.69 Å². The smallest absolute Gasteiger partial charge is 0.242 e. The second-order valence-corrected chi connectivity index (χ2v) is 11.8. The molecule has 0 fully saturated rings. The van der Waals surface area contributed by atoms with Gasteiger partial charge in [0, 0.05) is 38.0 Å². The van der Waals surface area contributed by atoms with Crippen LogP contribution in [-0.4, -0.2) is 51.0 Å². The lowest BCUT2D eigenvalue weighted by molar-refractivity contribution is -0.141. The Morgan fingerprint density at radius 2 is 1.51 bits per heavy atom. The molecule has 0 aliphatic carbocycles. The molecule has 0 aliphatic rings. The van der Waals surface area contributed by atoms with Gasteiger partial charge >= 0.3 is 0 Å². The van der Waals surface area contributed by atoms with Gasteiger partial charge in [-0.3, -0.25) is 13.9 Å². The molecule has 0 saturated heterocycles. The molecule has 9 heteroatoms. The average molecular weight is 570 g/mol. The van der Waals surface area contributed by atoms with E-state index in [1.807, 2.05) is 61.5 Å². The van der Waals surface area contributed by atoms with Gasteiger partial charge in [-0.1, -0.05) is 73.1 Å². The Balaban J connectivity index is 1.82. The lowest BCUT2D eigenvalue weighted by Gasteiger charge is -2.31. The molecule has 1 unspecified atom stereocenters. The van der Waals surface area contributed by atoms with Crippen LogP contribution in [0.5, 0.6) is 0 Å². The van der Waals surface area contributed by atoms with E-state index in [9.17, 15) is 18.0 Å². The number of anilines is 1. The maximum atomic E-state index is 13.7. The fourth-order valence-corrected chi connectivity index (χ4v) is 5.50. The van der Waals surface area contributed by atoms with E-state index in [1.165, 1.54) is 4.31 Å². The Kier molecular flexibility index (Phi) is 10.9. The molecule has 0 saturated carbocycles. The summed E-state index contributed by atoms with van der Waals surface area (Å²) < 4.78 is 26.5. The Labute approximate surface area is 236 Å². The number of aryl methyl sites for hydroxylation is 1. The number of carbonyl (C=O) groups excluding carboxylic acids is 2. The van der Waals surface area contributed by atoms with E-state index in [0.717, 1.165) is 29.4 Å². The Bertz CT molecular complexity index is 1330. The average Bonchev–Trinajstić information content (AvgIpc) is 2.93. The number of halogens is 1. The summed E-state index contributed by atoms with van der Waals surface area (Å²) in [5.41, 5.74) is 3.44. The van der Waals surface area contributed by atoms with Crippen molar-refractivity contribution in [3.05, 3.63) is 101 Å². The van der Waals surface area contributed by atoms with Crippen LogP contribution in [0, 0.1) is 0 Å². The molecule has 1 N–H and O–H groups in total. The molecule has 1 atom stereocenters. The van der Waals surface area contributed by atoms with Gasteiger partial charge in [-0.15, -0.1) is 0 Å². The molecule has 7 nitrogen and oxygen atoms in total. The molecule has 39 heavy (non-hydrogen) atoms. The monoisotopic (exact) mass is 569 g/mol. The summed E-state index contributed by atoms with van der Waals surface area (Å²) in [4.78, 5) is 28.3. The molecule has 0 aromatic heterocycles. The summed E-state index contributed by atoms with van der Waals surface area (Å²) in [7, 11) is -2.00.